The van der Waals surface area contributed by atoms with Gasteiger partial charge in [-0.15, -0.1) is 0 Å². The maximum atomic E-state index is 12.7. The van der Waals surface area contributed by atoms with Crippen LogP contribution in [-0.4, -0.2) is 45.7 Å². The van der Waals surface area contributed by atoms with Crippen molar-refractivity contribution in [3.05, 3.63) is 29.5 Å². The first-order chi connectivity index (χ1) is 10.4. The van der Waals surface area contributed by atoms with Crippen LogP contribution in [0.4, 0.5) is 0 Å². The van der Waals surface area contributed by atoms with Crippen LogP contribution in [0.1, 0.15) is 17.0 Å². The molecule has 0 N–H and O–H groups in total. The first-order valence-electron chi connectivity index (χ1n) is 6.94. The van der Waals surface area contributed by atoms with Crippen LogP contribution in [-0.2, 0) is 48.4 Å². The van der Waals surface area contributed by atoms with Gasteiger partial charge in [-0.2, -0.15) is 9.40 Å². The number of nitrogens with zero attached hydrogens (tertiary/aromatic N) is 5. The zero-order valence-electron chi connectivity index (χ0n) is 12.9. The Bertz CT molecular complexity index is 793. The zero-order valence-corrected chi connectivity index (χ0v) is 13.7. The summed E-state index contributed by atoms with van der Waals surface area (Å²) in [6.07, 6.45) is 3.64. The van der Waals surface area contributed by atoms with Gasteiger partial charge in [0.15, 0.2) is 5.03 Å². The lowest BCUT2D eigenvalue weighted by atomic mass is 10.1. The molecule has 0 unspecified atom stereocenters. The van der Waals surface area contributed by atoms with Gasteiger partial charge < -0.3 is 9.30 Å². The molecule has 8 nitrogen and oxygen atoms in total. The third-order valence-electron chi connectivity index (χ3n) is 3.86. The summed E-state index contributed by atoms with van der Waals surface area (Å²) < 4.78 is 35.4. The molecular formula is C13H19N5O3S. The Kier molecular flexibility index (Phi) is 3.79. The lowest BCUT2D eigenvalue weighted by Gasteiger charge is -2.26. The van der Waals surface area contributed by atoms with E-state index in [2.05, 4.69) is 10.1 Å². The number of aromatic nitrogens is 4. The molecule has 0 aromatic carbocycles. The summed E-state index contributed by atoms with van der Waals surface area (Å²) in [6.45, 7) is 1.11. The highest BCUT2D eigenvalue weighted by molar-refractivity contribution is 7.89. The molecule has 0 atom stereocenters. The minimum atomic E-state index is -3.58. The minimum Gasteiger partial charge on any atom is -0.378 e. The van der Waals surface area contributed by atoms with Gasteiger partial charge >= 0.3 is 0 Å². The molecule has 0 aliphatic carbocycles. The van der Waals surface area contributed by atoms with E-state index in [1.165, 1.54) is 16.8 Å². The fourth-order valence-corrected chi connectivity index (χ4v) is 4.13. The van der Waals surface area contributed by atoms with Gasteiger partial charge in [-0.1, -0.05) is 0 Å². The van der Waals surface area contributed by atoms with Gasteiger partial charge in [0.2, 0.25) is 0 Å². The number of hydrogen-bond donors (Lipinski definition) is 0. The molecule has 1 aliphatic rings. The monoisotopic (exact) mass is 325 g/mol. The molecular weight excluding hydrogens is 306 g/mol. The van der Waals surface area contributed by atoms with E-state index >= 15 is 0 Å². The summed E-state index contributed by atoms with van der Waals surface area (Å²) in [7, 11) is 1.64. The molecule has 0 amide bonds. The van der Waals surface area contributed by atoms with Crippen LogP contribution in [0, 0.1) is 0 Å². The van der Waals surface area contributed by atoms with Crippen molar-refractivity contribution < 1.29 is 13.2 Å². The van der Waals surface area contributed by atoms with Crippen molar-refractivity contribution in [2.24, 2.45) is 14.1 Å². The topological polar surface area (TPSA) is 82.3 Å². The molecule has 0 spiro atoms. The molecule has 0 radical (unpaired) electrons. The largest absolute Gasteiger partial charge is 0.378 e. The standard InChI is InChI=1S/C13H19N5O3S/c1-16-7-13(14-9-16)22(19,20)18-5-4-12-10(6-18)11(8-21-3)15-17(12)2/h7,9H,4-6,8H2,1-3H3. The molecule has 9 heteroatoms. The van der Waals surface area contributed by atoms with Crippen molar-refractivity contribution in [3.63, 3.8) is 0 Å². The van der Waals surface area contributed by atoms with E-state index in [0.717, 1.165) is 17.0 Å². The van der Waals surface area contributed by atoms with Crippen LogP contribution in [0.5, 0.6) is 0 Å². The number of imidazole rings is 1. The van der Waals surface area contributed by atoms with Crippen molar-refractivity contribution in [1.29, 1.82) is 0 Å². The van der Waals surface area contributed by atoms with Crippen molar-refractivity contribution in [3.8, 4) is 0 Å². The Labute approximate surface area is 129 Å². The second-order valence-corrected chi connectivity index (χ2v) is 7.28. The van der Waals surface area contributed by atoms with Crippen LogP contribution in [0.15, 0.2) is 17.6 Å². The highest BCUT2D eigenvalue weighted by Gasteiger charge is 2.33. The Hall–Kier alpha value is -1.71. The van der Waals surface area contributed by atoms with Gasteiger partial charge in [0.05, 0.1) is 18.6 Å². The van der Waals surface area contributed by atoms with Crippen molar-refractivity contribution in [2.75, 3.05) is 13.7 Å². The zero-order chi connectivity index (χ0) is 15.9. The number of methoxy groups -OCH3 is 1. The summed E-state index contributed by atoms with van der Waals surface area (Å²) in [5.41, 5.74) is 2.80. The summed E-state index contributed by atoms with van der Waals surface area (Å²) >= 11 is 0. The second-order valence-electron chi connectivity index (χ2n) is 5.39. The second kappa shape index (κ2) is 5.49. The quantitative estimate of drug-likeness (QED) is 0.793. The van der Waals surface area contributed by atoms with Crippen LogP contribution in [0.2, 0.25) is 0 Å². The van der Waals surface area contributed by atoms with E-state index in [-0.39, 0.29) is 5.03 Å². The molecule has 3 rings (SSSR count). The third-order valence-corrected chi connectivity index (χ3v) is 5.59. The average Bonchev–Trinajstić information content (AvgIpc) is 3.05. The van der Waals surface area contributed by atoms with Crippen molar-refractivity contribution in [1.82, 2.24) is 23.6 Å². The number of hydrogen-bond acceptors (Lipinski definition) is 5. The maximum Gasteiger partial charge on any atom is 0.262 e. The van der Waals surface area contributed by atoms with Crippen LogP contribution < -0.4 is 0 Å². The molecule has 0 saturated heterocycles. The maximum absolute atomic E-state index is 12.7. The van der Waals surface area contributed by atoms with E-state index < -0.39 is 10.0 Å². The molecule has 2 aromatic heterocycles. The predicted molar refractivity (Wildman–Crippen MR) is 78.4 cm³/mol. The fraction of sp³-hybridized carbons (Fsp3) is 0.538. The Balaban J connectivity index is 1.94. The predicted octanol–water partition coefficient (Wildman–Crippen LogP) is 0.0470. The Morgan fingerprint density at radius 1 is 1.36 bits per heavy atom. The van der Waals surface area contributed by atoms with Gasteiger partial charge in [-0.25, -0.2) is 13.4 Å². The van der Waals surface area contributed by atoms with E-state index in [4.69, 9.17) is 4.74 Å². The molecule has 0 fully saturated rings. The molecule has 0 bridgehead atoms. The van der Waals surface area contributed by atoms with E-state index in [9.17, 15) is 8.42 Å². The van der Waals surface area contributed by atoms with Gasteiger partial charge in [0.25, 0.3) is 10.0 Å². The minimum absolute atomic E-state index is 0.0793. The number of aryl methyl sites for hydroxylation is 2. The van der Waals surface area contributed by atoms with Crippen LogP contribution >= 0.6 is 0 Å². The van der Waals surface area contributed by atoms with Crippen LogP contribution in [0.3, 0.4) is 0 Å². The first-order valence-corrected chi connectivity index (χ1v) is 8.38. The number of fused-ring (bicyclic) bond motifs is 1. The molecule has 2 aromatic rings. The lowest BCUT2D eigenvalue weighted by molar-refractivity contribution is 0.179. The lowest BCUT2D eigenvalue weighted by Crippen LogP contribution is -2.36. The Morgan fingerprint density at radius 2 is 2.14 bits per heavy atom. The molecule has 120 valence electrons. The van der Waals surface area contributed by atoms with E-state index in [1.807, 2.05) is 11.7 Å². The summed E-state index contributed by atoms with van der Waals surface area (Å²) in [5.74, 6) is 0. The highest BCUT2D eigenvalue weighted by atomic mass is 32.2. The van der Waals surface area contributed by atoms with Gasteiger partial charge in [0.1, 0.15) is 0 Å². The third kappa shape index (κ3) is 2.44. The summed E-state index contributed by atoms with van der Waals surface area (Å²) in [4.78, 5) is 3.97. The first kappa shape index (κ1) is 15.2. The fourth-order valence-electron chi connectivity index (χ4n) is 2.76. The summed E-state index contributed by atoms with van der Waals surface area (Å²) in [5, 5.41) is 4.51. The smallest absolute Gasteiger partial charge is 0.262 e. The van der Waals surface area contributed by atoms with E-state index in [0.29, 0.717) is 26.1 Å². The normalized spacial score (nSPS) is 16.0. The number of ether oxygens (including phenoxy) is 1. The van der Waals surface area contributed by atoms with Gasteiger partial charge in [-0.05, 0) is 0 Å². The molecule has 0 saturated carbocycles. The number of rotatable bonds is 4. The number of sulfonamides is 1. The van der Waals surface area contributed by atoms with E-state index in [1.54, 1.807) is 18.7 Å². The van der Waals surface area contributed by atoms with Crippen LogP contribution in [0.25, 0.3) is 0 Å². The molecule has 3 heterocycles. The average molecular weight is 325 g/mol. The van der Waals surface area contributed by atoms with Crippen molar-refractivity contribution >= 4 is 10.0 Å². The Morgan fingerprint density at radius 3 is 2.77 bits per heavy atom. The van der Waals surface area contributed by atoms with Gasteiger partial charge in [-0.3, -0.25) is 4.68 Å². The molecule has 22 heavy (non-hydrogen) atoms. The highest BCUT2D eigenvalue weighted by Crippen LogP contribution is 2.26. The van der Waals surface area contributed by atoms with Crippen molar-refractivity contribution in [2.45, 2.75) is 24.6 Å². The SMILES string of the molecule is COCc1nn(C)c2c1CN(S(=O)(=O)c1cn(C)cn1)CC2. The molecule has 1 aliphatic heterocycles. The van der Waals surface area contributed by atoms with Gasteiger partial charge in [0, 0.05) is 58.2 Å². The summed E-state index contributed by atoms with van der Waals surface area (Å²) in [6, 6.07) is 0.